The molecule has 1 aliphatic heterocycles. The molecule has 0 aliphatic carbocycles. The van der Waals surface area contributed by atoms with E-state index in [-0.39, 0.29) is 24.7 Å². The van der Waals surface area contributed by atoms with Gasteiger partial charge in [-0.25, -0.2) is 0 Å². The van der Waals surface area contributed by atoms with E-state index in [1.54, 1.807) is 24.3 Å². The number of benzene rings is 3. The number of hydrogen-bond donors (Lipinski definition) is 0. The van der Waals surface area contributed by atoms with Crippen LogP contribution in [0.4, 0.5) is 0 Å². The van der Waals surface area contributed by atoms with Gasteiger partial charge in [0.25, 0.3) is 15.7 Å². The minimum atomic E-state index is -4.27. The Kier molecular flexibility index (Phi) is 10.3. The molecule has 0 bridgehead atoms. The van der Waals surface area contributed by atoms with Crippen molar-refractivity contribution >= 4 is 16.1 Å². The maximum absolute atomic E-state index is 13.4. The van der Waals surface area contributed by atoms with Crippen LogP contribution < -0.4 is 5.56 Å². The Labute approximate surface area is 262 Å². The van der Waals surface area contributed by atoms with Crippen LogP contribution in [0.25, 0.3) is 0 Å². The molecule has 45 heavy (non-hydrogen) atoms. The third-order valence-electron chi connectivity index (χ3n) is 7.38. The molecular weight excluding hydrogens is 598 g/mol. The highest BCUT2D eigenvalue weighted by Gasteiger charge is 2.59. The topological polar surface area (TPSA) is 119 Å². The molecule has 1 aliphatic rings. The summed E-state index contributed by atoms with van der Waals surface area (Å²) < 4.78 is 58.6. The number of aryl methyl sites for hydroxylation is 1. The number of esters is 1. The van der Waals surface area contributed by atoms with Crippen molar-refractivity contribution in [3.63, 3.8) is 0 Å². The SMILES string of the molecule is CC(=O)OC1C(n2ccccc2=O)OC(COCc2ccccc2)(COS(=O)(=O)c2ccc(C)cc2)C1OCc1ccccc1. The van der Waals surface area contributed by atoms with Gasteiger partial charge in [-0.15, -0.1) is 0 Å². The maximum atomic E-state index is 13.4. The standard InChI is InChI=1S/C34H35NO9S/c1-25-16-18-29(19-17-25)45(38,39)42-24-34(23-40-21-27-11-5-3-6-12-27)32(41-22-28-13-7-4-8-14-28)31(43-26(2)36)33(44-34)35-20-10-9-15-30(35)37/h3-20,31-33H,21-24H2,1-2H3. The second-order valence-electron chi connectivity index (χ2n) is 10.8. The first-order chi connectivity index (χ1) is 21.7. The van der Waals surface area contributed by atoms with Crippen LogP contribution in [0.3, 0.4) is 0 Å². The average Bonchev–Trinajstić information content (AvgIpc) is 3.32. The summed E-state index contributed by atoms with van der Waals surface area (Å²) in [6.07, 6.45) is -1.97. The van der Waals surface area contributed by atoms with Gasteiger partial charge in [0, 0.05) is 19.2 Å². The first-order valence-electron chi connectivity index (χ1n) is 14.4. The third-order valence-corrected chi connectivity index (χ3v) is 8.66. The summed E-state index contributed by atoms with van der Waals surface area (Å²) in [7, 11) is -4.27. The predicted octanol–water partition coefficient (Wildman–Crippen LogP) is 4.56. The lowest BCUT2D eigenvalue weighted by molar-refractivity contribution is -0.171. The number of nitrogens with zero attached hydrogens (tertiary/aromatic N) is 1. The quantitative estimate of drug-likeness (QED) is 0.154. The van der Waals surface area contributed by atoms with Crippen molar-refractivity contribution in [3.05, 3.63) is 136 Å². The number of carbonyl (C=O) groups is 1. The van der Waals surface area contributed by atoms with Crippen LogP contribution in [-0.4, -0.2) is 50.0 Å². The molecule has 236 valence electrons. The summed E-state index contributed by atoms with van der Waals surface area (Å²) in [5, 5.41) is 0. The Morgan fingerprint density at radius 2 is 1.47 bits per heavy atom. The molecule has 4 atom stereocenters. The molecule has 0 radical (unpaired) electrons. The largest absolute Gasteiger partial charge is 0.455 e. The predicted molar refractivity (Wildman–Crippen MR) is 165 cm³/mol. The number of hydrogen-bond acceptors (Lipinski definition) is 9. The van der Waals surface area contributed by atoms with E-state index in [0.29, 0.717) is 0 Å². The molecule has 0 saturated carbocycles. The van der Waals surface area contributed by atoms with Crippen molar-refractivity contribution < 1.29 is 36.3 Å². The van der Waals surface area contributed by atoms with Crippen LogP contribution in [0.5, 0.6) is 0 Å². The minimum Gasteiger partial charge on any atom is -0.455 e. The van der Waals surface area contributed by atoms with E-state index in [4.69, 9.17) is 23.1 Å². The first kappa shape index (κ1) is 32.3. The van der Waals surface area contributed by atoms with E-state index in [1.165, 1.54) is 35.9 Å². The van der Waals surface area contributed by atoms with Gasteiger partial charge >= 0.3 is 5.97 Å². The Morgan fingerprint density at radius 1 is 0.844 bits per heavy atom. The van der Waals surface area contributed by atoms with E-state index in [9.17, 15) is 18.0 Å². The lowest BCUT2D eigenvalue weighted by Crippen LogP contribution is -2.53. The number of ether oxygens (including phenoxy) is 4. The average molecular weight is 634 g/mol. The van der Waals surface area contributed by atoms with Crippen molar-refractivity contribution in [2.45, 2.75) is 56.0 Å². The lowest BCUT2D eigenvalue weighted by atomic mass is 9.96. The van der Waals surface area contributed by atoms with Gasteiger partial charge in [0.1, 0.15) is 18.3 Å². The van der Waals surface area contributed by atoms with Gasteiger partial charge in [-0.2, -0.15) is 8.42 Å². The van der Waals surface area contributed by atoms with E-state index in [0.717, 1.165) is 16.7 Å². The van der Waals surface area contributed by atoms with Crippen LogP contribution in [0.2, 0.25) is 0 Å². The zero-order valence-corrected chi connectivity index (χ0v) is 25.8. The van der Waals surface area contributed by atoms with E-state index in [2.05, 4.69) is 0 Å². The Bertz CT molecular complexity index is 1730. The second-order valence-corrected chi connectivity index (χ2v) is 12.4. The molecule has 4 aromatic rings. The minimum absolute atomic E-state index is 0.0411. The molecule has 2 heterocycles. The Balaban J connectivity index is 1.55. The first-order valence-corrected chi connectivity index (χ1v) is 15.8. The summed E-state index contributed by atoms with van der Waals surface area (Å²) >= 11 is 0. The molecule has 0 amide bonds. The maximum Gasteiger partial charge on any atom is 0.303 e. The molecule has 5 rings (SSSR count). The molecule has 3 aromatic carbocycles. The van der Waals surface area contributed by atoms with Crippen LogP contribution in [0.1, 0.15) is 29.8 Å². The highest BCUT2D eigenvalue weighted by Crippen LogP contribution is 2.42. The highest BCUT2D eigenvalue weighted by atomic mass is 32.2. The monoisotopic (exact) mass is 633 g/mol. The van der Waals surface area contributed by atoms with Gasteiger partial charge in [0.05, 0.1) is 24.7 Å². The van der Waals surface area contributed by atoms with E-state index >= 15 is 0 Å². The smallest absolute Gasteiger partial charge is 0.303 e. The highest BCUT2D eigenvalue weighted by molar-refractivity contribution is 7.86. The van der Waals surface area contributed by atoms with Gasteiger partial charge in [0.15, 0.2) is 12.3 Å². The van der Waals surface area contributed by atoms with E-state index in [1.807, 2.05) is 67.6 Å². The van der Waals surface area contributed by atoms with Crippen molar-refractivity contribution in [1.82, 2.24) is 4.57 Å². The molecule has 1 fully saturated rings. The van der Waals surface area contributed by atoms with Gasteiger partial charge in [-0.3, -0.25) is 18.3 Å². The van der Waals surface area contributed by atoms with Crippen molar-refractivity contribution in [2.24, 2.45) is 0 Å². The molecule has 10 nitrogen and oxygen atoms in total. The van der Waals surface area contributed by atoms with Gasteiger partial charge in [-0.05, 0) is 36.2 Å². The molecule has 0 N–H and O–H groups in total. The van der Waals surface area contributed by atoms with Crippen molar-refractivity contribution in [2.75, 3.05) is 13.2 Å². The fourth-order valence-corrected chi connectivity index (χ4v) is 6.11. The number of pyridine rings is 1. The number of carbonyl (C=O) groups excluding carboxylic acids is 1. The van der Waals surface area contributed by atoms with Crippen LogP contribution in [0.15, 0.2) is 119 Å². The van der Waals surface area contributed by atoms with Crippen molar-refractivity contribution in [1.29, 1.82) is 0 Å². The lowest BCUT2D eigenvalue weighted by Gasteiger charge is -2.34. The Hall–Kier alpha value is -4.13. The summed E-state index contributed by atoms with van der Waals surface area (Å²) in [6.45, 7) is 2.53. The van der Waals surface area contributed by atoms with Crippen molar-refractivity contribution in [3.8, 4) is 0 Å². The Morgan fingerprint density at radius 3 is 2.09 bits per heavy atom. The number of aromatic nitrogens is 1. The normalized spacial score (nSPS) is 21.4. The molecule has 1 aromatic heterocycles. The molecule has 1 saturated heterocycles. The fraction of sp³-hybridized carbons (Fsp3) is 0.294. The van der Waals surface area contributed by atoms with E-state index < -0.39 is 52.3 Å². The molecular formula is C34H35NO9S. The summed E-state index contributed by atoms with van der Waals surface area (Å²) in [4.78, 5) is 25.4. The van der Waals surface area contributed by atoms with Crippen LogP contribution in [0, 0.1) is 6.92 Å². The second kappa shape index (κ2) is 14.3. The molecule has 0 spiro atoms. The number of rotatable bonds is 13. The molecule has 4 unspecified atom stereocenters. The van der Waals surface area contributed by atoms with Crippen LogP contribution >= 0.6 is 0 Å². The fourth-order valence-electron chi connectivity index (χ4n) is 5.15. The zero-order chi connectivity index (χ0) is 31.9. The van der Waals surface area contributed by atoms with Gasteiger partial charge < -0.3 is 18.9 Å². The third kappa shape index (κ3) is 7.94. The summed E-state index contributed by atoms with van der Waals surface area (Å²) in [6, 6.07) is 29.5. The van der Waals surface area contributed by atoms with Crippen LogP contribution in [-0.2, 0) is 51.3 Å². The van der Waals surface area contributed by atoms with Gasteiger partial charge in [0.2, 0.25) is 0 Å². The van der Waals surface area contributed by atoms with Gasteiger partial charge in [-0.1, -0.05) is 84.4 Å². The summed E-state index contributed by atoms with van der Waals surface area (Å²) in [5.41, 5.74) is 0.491. The zero-order valence-electron chi connectivity index (χ0n) is 25.0. The molecule has 11 heteroatoms. The summed E-state index contributed by atoms with van der Waals surface area (Å²) in [5.74, 6) is -0.639.